The fourth-order valence-corrected chi connectivity index (χ4v) is 2.89. The van der Waals surface area contributed by atoms with Gasteiger partial charge in [-0.2, -0.15) is 0 Å². The van der Waals surface area contributed by atoms with Crippen molar-refractivity contribution >= 4 is 23.6 Å². The Kier molecular flexibility index (Phi) is 6.02. The maximum absolute atomic E-state index is 11.6. The number of nitrogens with two attached hydrogens (primary N) is 1. The second-order valence-electron chi connectivity index (χ2n) is 4.42. The highest BCUT2D eigenvalue weighted by molar-refractivity contribution is 8.00. The lowest BCUT2D eigenvalue weighted by molar-refractivity contribution is -0.117. The minimum absolute atomic E-state index is 0.292. The van der Waals surface area contributed by atoms with E-state index in [1.807, 2.05) is 30.3 Å². The molecule has 0 spiro atoms. The Morgan fingerprint density at radius 3 is 2.57 bits per heavy atom. The number of hydrogen-bond donors (Lipinski definition) is 2. The summed E-state index contributed by atoms with van der Waals surface area (Å²) in [6.45, 7) is 0.761. The number of hydrogen-bond acceptors (Lipinski definition) is 5. The Hall–Kier alpha value is -2.08. The van der Waals surface area contributed by atoms with Gasteiger partial charge in [0.25, 0.3) is 0 Å². The molecular weight excluding hydrogens is 284 g/mol. The van der Waals surface area contributed by atoms with E-state index in [4.69, 9.17) is 5.73 Å². The van der Waals surface area contributed by atoms with Gasteiger partial charge in [0.15, 0.2) is 0 Å². The zero-order valence-electron chi connectivity index (χ0n) is 11.6. The van der Waals surface area contributed by atoms with Crippen molar-refractivity contribution in [1.29, 1.82) is 0 Å². The summed E-state index contributed by atoms with van der Waals surface area (Å²) in [6.07, 6.45) is 4.30. The van der Waals surface area contributed by atoms with Crippen LogP contribution in [0.25, 0.3) is 0 Å². The van der Waals surface area contributed by atoms with Crippen LogP contribution in [0.15, 0.2) is 48.8 Å². The summed E-state index contributed by atoms with van der Waals surface area (Å²) in [6, 6.07) is 11.4. The second-order valence-corrected chi connectivity index (χ2v) is 5.63. The molecule has 0 radical (unpaired) electrons. The number of amides is 1. The van der Waals surface area contributed by atoms with Gasteiger partial charge in [0.1, 0.15) is 5.25 Å². The Morgan fingerprint density at radius 2 is 1.90 bits per heavy atom. The molecular formula is C15H18N4OS. The number of benzene rings is 1. The molecule has 1 atom stereocenters. The number of carbonyl (C=O) groups is 1. The summed E-state index contributed by atoms with van der Waals surface area (Å²) in [7, 11) is 0. The lowest BCUT2D eigenvalue weighted by Gasteiger charge is -2.13. The summed E-state index contributed by atoms with van der Waals surface area (Å²) >= 11 is 1.56. The summed E-state index contributed by atoms with van der Waals surface area (Å²) < 4.78 is 0. The van der Waals surface area contributed by atoms with E-state index in [1.54, 1.807) is 30.2 Å². The van der Waals surface area contributed by atoms with Crippen LogP contribution < -0.4 is 11.1 Å². The molecule has 2 rings (SSSR count). The first-order chi connectivity index (χ1) is 10.3. The van der Waals surface area contributed by atoms with Crippen LogP contribution in [0.3, 0.4) is 0 Å². The number of nitrogens with zero attached hydrogens (tertiary/aromatic N) is 2. The number of anilines is 1. The maximum Gasteiger partial charge on any atom is 0.235 e. The largest absolute Gasteiger partial charge is 0.368 e. The van der Waals surface area contributed by atoms with E-state index >= 15 is 0 Å². The average molecular weight is 302 g/mol. The predicted molar refractivity (Wildman–Crippen MR) is 86.0 cm³/mol. The summed E-state index contributed by atoms with van der Waals surface area (Å²) in [4.78, 5) is 19.7. The molecule has 0 aliphatic carbocycles. The third kappa shape index (κ3) is 5.07. The first-order valence-electron chi connectivity index (χ1n) is 6.74. The lowest BCUT2D eigenvalue weighted by atomic mass is 10.1. The molecule has 1 aromatic carbocycles. The van der Waals surface area contributed by atoms with Gasteiger partial charge in [-0.25, -0.2) is 9.97 Å². The van der Waals surface area contributed by atoms with E-state index in [9.17, 15) is 4.79 Å². The molecule has 110 valence electrons. The molecule has 1 amide bonds. The van der Waals surface area contributed by atoms with E-state index in [2.05, 4.69) is 15.3 Å². The minimum Gasteiger partial charge on any atom is -0.368 e. The Morgan fingerprint density at radius 1 is 1.19 bits per heavy atom. The van der Waals surface area contributed by atoms with Gasteiger partial charge in [-0.15, -0.1) is 11.8 Å². The number of aromatic nitrogens is 2. The zero-order chi connectivity index (χ0) is 14.9. The summed E-state index contributed by atoms with van der Waals surface area (Å²) in [5.41, 5.74) is 6.43. The first kappa shape index (κ1) is 15.3. The molecule has 21 heavy (non-hydrogen) atoms. The van der Waals surface area contributed by atoms with Crippen LogP contribution >= 0.6 is 11.8 Å². The third-order valence-electron chi connectivity index (χ3n) is 2.82. The highest BCUT2D eigenvalue weighted by Gasteiger charge is 2.17. The highest BCUT2D eigenvalue weighted by Crippen LogP contribution is 2.28. The van der Waals surface area contributed by atoms with E-state index in [1.165, 1.54) is 0 Å². The van der Waals surface area contributed by atoms with Crippen molar-refractivity contribution in [3.8, 4) is 0 Å². The van der Waals surface area contributed by atoms with Gasteiger partial charge in [-0.3, -0.25) is 4.79 Å². The number of carbonyl (C=O) groups excluding carboxylic acids is 1. The molecule has 0 fully saturated rings. The van der Waals surface area contributed by atoms with Crippen molar-refractivity contribution in [2.24, 2.45) is 5.73 Å². The van der Waals surface area contributed by atoms with Crippen LogP contribution in [0.2, 0.25) is 0 Å². The van der Waals surface area contributed by atoms with Crippen molar-refractivity contribution in [3.63, 3.8) is 0 Å². The van der Waals surface area contributed by atoms with Gasteiger partial charge < -0.3 is 11.1 Å². The van der Waals surface area contributed by atoms with Gasteiger partial charge in [-0.1, -0.05) is 30.3 Å². The average Bonchev–Trinajstić information content (AvgIpc) is 2.52. The van der Waals surface area contributed by atoms with Crippen molar-refractivity contribution in [2.75, 3.05) is 17.6 Å². The van der Waals surface area contributed by atoms with Gasteiger partial charge in [0.2, 0.25) is 11.9 Å². The van der Waals surface area contributed by atoms with Crippen molar-refractivity contribution < 1.29 is 4.79 Å². The summed E-state index contributed by atoms with van der Waals surface area (Å²) in [5.74, 6) is 1.16. The van der Waals surface area contributed by atoms with Crippen LogP contribution in [0.4, 0.5) is 5.95 Å². The topological polar surface area (TPSA) is 80.9 Å². The molecule has 1 heterocycles. The molecule has 1 aromatic heterocycles. The maximum atomic E-state index is 11.6. The van der Waals surface area contributed by atoms with E-state index in [0.717, 1.165) is 24.3 Å². The molecule has 0 saturated heterocycles. The normalized spacial score (nSPS) is 11.8. The van der Waals surface area contributed by atoms with Gasteiger partial charge in [0, 0.05) is 18.9 Å². The molecule has 6 heteroatoms. The van der Waals surface area contributed by atoms with Crippen LogP contribution in [0, 0.1) is 0 Å². The standard InChI is InChI=1S/C15H18N4OS/c16-14(20)13(12-6-2-1-3-7-12)21-11-5-10-19-15-17-8-4-9-18-15/h1-4,6-9,13H,5,10-11H2,(H2,16,20)(H,17,18,19). The van der Waals surface area contributed by atoms with E-state index in [-0.39, 0.29) is 11.2 Å². The number of thioether (sulfide) groups is 1. The molecule has 2 aromatic rings. The van der Waals surface area contributed by atoms with Crippen LogP contribution in [-0.4, -0.2) is 28.2 Å². The molecule has 0 saturated carbocycles. The van der Waals surface area contributed by atoms with E-state index < -0.39 is 0 Å². The zero-order valence-corrected chi connectivity index (χ0v) is 12.4. The molecule has 3 N–H and O–H groups in total. The van der Waals surface area contributed by atoms with Crippen LogP contribution in [0.1, 0.15) is 17.2 Å². The predicted octanol–water partition coefficient (Wildman–Crippen LogP) is 2.24. The molecule has 0 bridgehead atoms. The fraction of sp³-hybridized carbons (Fsp3) is 0.267. The molecule has 0 aliphatic heterocycles. The SMILES string of the molecule is NC(=O)C(SCCCNc1ncccn1)c1ccccc1. The highest BCUT2D eigenvalue weighted by atomic mass is 32.2. The number of rotatable bonds is 8. The molecule has 0 aliphatic rings. The molecule has 1 unspecified atom stereocenters. The smallest absolute Gasteiger partial charge is 0.235 e. The molecule has 5 nitrogen and oxygen atoms in total. The monoisotopic (exact) mass is 302 g/mol. The van der Waals surface area contributed by atoms with Gasteiger partial charge >= 0.3 is 0 Å². The minimum atomic E-state index is -0.300. The van der Waals surface area contributed by atoms with Gasteiger partial charge in [0.05, 0.1) is 0 Å². The van der Waals surface area contributed by atoms with Crippen molar-refractivity contribution in [1.82, 2.24) is 9.97 Å². The number of nitrogens with one attached hydrogen (secondary N) is 1. The summed E-state index contributed by atoms with van der Waals surface area (Å²) in [5, 5.41) is 2.84. The number of primary amides is 1. The van der Waals surface area contributed by atoms with Crippen LogP contribution in [0.5, 0.6) is 0 Å². The second kappa shape index (κ2) is 8.26. The Labute approximate surface area is 128 Å². The quantitative estimate of drug-likeness (QED) is 0.731. The Bertz CT molecular complexity index is 550. The van der Waals surface area contributed by atoms with Crippen molar-refractivity contribution in [3.05, 3.63) is 54.4 Å². The third-order valence-corrected chi connectivity index (χ3v) is 4.18. The van der Waals surface area contributed by atoms with E-state index in [0.29, 0.717) is 5.95 Å². The fourth-order valence-electron chi connectivity index (χ4n) is 1.83. The lowest BCUT2D eigenvalue weighted by Crippen LogP contribution is -2.19. The van der Waals surface area contributed by atoms with Crippen molar-refractivity contribution in [2.45, 2.75) is 11.7 Å². The first-order valence-corrected chi connectivity index (χ1v) is 7.79. The van der Waals surface area contributed by atoms with Crippen LogP contribution in [-0.2, 0) is 4.79 Å². The Balaban J connectivity index is 1.74. The van der Waals surface area contributed by atoms with Gasteiger partial charge in [-0.05, 0) is 23.8 Å².